The Hall–Kier alpha value is -2.80. The largest absolute Gasteiger partial charge is 0.368 e. The second-order valence-electron chi connectivity index (χ2n) is 6.25. The number of benzene rings is 1. The monoisotopic (exact) mass is 371 g/mol. The van der Waals surface area contributed by atoms with Crippen LogP contribution in [-0.2, 0) is 11.3 Å². The number of imidazole rings is 1. The van der Waals surface area contributed by atoms with Gasteiger partial charge in [0.2, 0.25) is 5.91 Å². The molecule has 0 aliphatic carbocycles. The molecule has 0 spiro atoms. The molecule has 0 radical (unpaired) electrons. The Morgan fingerprint density at radius 3 is 2.58 bits per heavy atom. The van der Waals surface area contributed by atoms with E-state index in [1.165, 1.54) is 4.57 Å². The van der Waals surface area contributed by atoms with E-state index in [9.17, 15) is 9.59 Å². The van der Waals surface area contributed by atoms with Gasteiger partial charge in [-0.25, -0.2) is 4.79 Å². The van der Waals surface area contributed by atoms with Gasteiger partial charge in [-0.05, 0) is 30.3 Å². The molecule has 134 valence electrons. The van der Waals surface area contributed by atoms with Crippen LogP contribution in [0.25, 0.3) is 11.0 Å². The summed E-state index contributed by atoms with van der Waals surface area (Å²) in [5.74, 6) is -0.0673. The van der Waals surface area contributed by atoms with E-state index >= 15 is 0 Å². The number of fused-ring (bicyclic) bond motifs is 1. The molecule has 0 bridgehead atoms. The van der Waals surface area contributed by atoms with E-state index in [1.807, 2.05) is 12.1 Å². The van der Waals surface area contributed by atoms with Crippen molar-refractivity contribution in [1.82, 2.24) is 19.4 Å². The summed E-state index contributed by atoms with van der Waals surface area (Å²) in [6.07, 6.45) is 3.53. The molecule has 1 amide bonds. The number of piperazine rings is 1. The number of pyridine rings is 1. The standard InChI is InChI=1S/C18H18ClN5O2/c19-13-1-2-15-16(11-13)24(18(26)21-15)12-17(25)23-9-7-22(8-10-23)14-3-5-20-6-4-14/h1-6,11H,7-10,12H2,(H,21,26). The minimum Gasteiger partial charge on any atom is -0.368 e. The molecule has 1 aliphatic heterocycles. The molecular formula is C18H18ClN5O2. The highest BCUT2D eigenvalue weighted by atomic mass is 35.5. The molecule has 0 atom stereocenters. The van der Waals surface area contributed by atoms with Crippen LogP contribution in [0.2, 0.25) is 5.02 Å². The maximum Gasteiger partial charge on any atom is 0.326 e. The molecule has 4 rings (SSSR count). The number of aromatic amines is 1. The Morgan fingerprint density at radius 2 is 1.85 bits per heavy atom. The van der Waals surface area contributed by atoms with Gasteiger partial charge in [-0.3, -0.25) is 14.3 Å². The van der Waals surface area contributed by atoms with Gasteiger partial charge in [0.05, 0.1) is 11.0 Å². The van der Waals surface area contributed by atoms with Gasteiger partial charge in [0, 0.05) is 49.3 Å². The molecule has 7 nitrogen and oxygen atoms in total. The number of hydrogen-bond acceptors (Lipinski definition) is 4. The molecule has 1 saturated heterocycles. The van der Waals surface area contributed by atoms with Crippen molar-refractivity contribution < 1.29 is 4.79 Å². The van der Waals surface area contributed by atoms with E-state index in [2.05, 4.69) is 14.9 Å². The van der Waals surface area contributed by atoms with E-state index < -0.39 is 0 Å². The van der Waals surface area contributed by atoms with Gasteiger partial charge in [-0.15, -0.1) is 0 Å². The number of carbonyl (C=O) groups is 1. The second-order valence-corrected chi connectivity index (χ2v) is 6.69. The summed E-state index contributed by atoms with van der Waals surface area (Å²) in [5.41, 5.74) is 2.13. The molecule has 0 unspecified atom stereocenters. The highest BCUT2D eigenvalue weighted by Gasteiger charge is 2.22. The number of anilines is 1. The van der Waals surface area contributed by atoms with Crippen LogP contribution in [0.15, 0.2) is 47.5 Å². The number of aromatic nitrogens is 3. The third kappa shape index (κ3) is 3.17. The van der Waals surface area contributed by atoms with Crippen molar-refractivity contribution in [3.8, 4) is 0 Å². The fourth-order valence-corrected chi connectivity index (χ4v) is 3.45. The average molecular weight is 372 g/mol. The van der Waals surface area contributed by atoms with E-state index in [0.717, 1.165) is 18.8 Å². The number of hydrogen-bond donors (Lipinski definition) is 1. The summed E-state index contributed by atoms with van der Waals surface area (Å²) in [7, 11) is 0. The zero-order valence-corrected chi connectivity index (χ0v) is 14.8. The van der Waals surface area contributed by atoms with Crippen molar-refractivity contribution in [3.63, 3.8) is 0 Å². The number of halogens is 1. The molecule has 1 N–H and O–H groups in total. The highest BCUT2D eigenvalue weighted by Crippen LogP contribution is 2.18. The number of amides is 1. The van der Waals surface area contributed by atoms with Gasteiger partial charge >= 0.3 is 5.69 Å². The van der Waals surface area contributed by atoms with E-state index in [0.29, 0.717) is 29.1 Å². The fourth-order valence-electron chi connectivity index (χ4n) is 3.29. The average Bonchev–Trinajstić information content (AvgIpc) is 2.97. The Bertz CT molecular complexity index is 990. The summed E-state index contributed by atoms with van der Waals surface area (Å²) in [4.78, 5) is 35.7. The van der Waals surface area contributed by atoms with Gasteiger partial charge in [-0.2, -0.15) is 0 Å². The Labute approximate surface area is 154 Å². The van der Waals surface area contributed by atoms with E-state index in [-0.39, 0.29) is 18.1 Å². The molecule has 2 aromatic heterocycles. The van der Waals surface area contributed by atoms with Gasteiger partial charge in [0.15, 0.2) is 0 Å². The first-order valence-electron chi connectivity index (χ1n) is 8.42. The normalized spacial score (nSPS) is 14.8. The molecule has 1 fully saturated rings. The van der Waals surface area contributed by atoms with Crippen LogP contribution in [0.1, 0.15) is 0 Å². The van der Waals surface area contributed by atoms with Crippen LogP contribution in [0.5, 0.6) is 0 Å². The smallest absolute Gasteiger partial charge is 0.326 e. The van der Waals surface area contributed by atoms with Crippen molar-refractivity contribution in [2.45, 2.75) is 6.54 Å². The number of rotatable bonds is 3. The molecule has 3 aromatic rings. The van der Waals surface area contributed by atoms with Crippen LogP contribution in [0.3, 0.4) is 0 Å². The number of nitrogens with one attached hydrogen (secondary N) is 1. The molecule has 8 heteroatoms. The lowest BCUT2D eigenvalue weighted by molar-refractivity contribution is -0.132. The number of nitrogens with zero attached hydrogens (tertiary/aromatic N) is 4. The summed E-state index contributed by atoms with van der Waals surface area (Å²) < 4.78 is 1.44. The maximum atomic E-state index is 12.7. The minimum atomic E-state index is -0.300. The van der Waals surface area contributed by atoms with E-state index in [1.54, 1.807) is 35.5 Å². The van der Waals surface area contributed by atoms with Crippen molar-refractivity contribution >= 4 is 34.2 Å². The number of H-pyrrole nitrogens is 1. The molecule has 0 saturated carbocycles. The Kier molecular flexibility index (Phi) is 4.38. The highest BCUT2D eigenvalue weighted by molar-refractivity contribution is 6.31. The van der Waals surface area contributed by atoms with E-state index in [4.69, 9.17) is 11.6 Å². The summed E-state index contributed by atoms with van der Waals surface area (Å²) >= 11 is 6.02. The predicted octanol–water partition coefficient (Wildman–Crippen LogP) is 1.73. The molecule has 3 heterocycles. The molecule has 1 aliphatic rings. The van der Waals surface area contributed by atoms with Crippen LogP contribution >= 0.6 is 11.6 Å². The zero-order chi connectivity index (χ0) is 18.1. The van der Waals surface area contributed by atoms with Gasteiger partial charge in [0.25, 0.3) is 0 Å². The Morgan fingerprint density at radius 1 is 1.12 bits per heavy atom. The fraction of sp³-hybridized carbons (Fsp3) is 0.278. The lowest BCUT2D eigenvalue weighted by Crippen LogP contribution is -2.50. The summed E-state index contributed by atoms with van der Waals surface area (Å²) in [5, 5.41) is 0.531. The first-order valence-corrected chi connectivity index (χ1v) is 8.80. The third-order valence-corrected chi connectivity index (χ3v) is 4.93. The minimum absolute atomic E-state index is 0.00837. The molecule has 1 aromatic carbocycles. The summed E-state index contributed by atoms with van der Waals surface area (Å²) in [6, 6.07) is 9.08. The molecule has 26 heavy (non-hydrogen) atoms. The van der Waals surface area contributed by atoms with Crippen LogP contribution in [0, 0.1) is 0 Å². The lowest BCUT2D eigenvalue weighted by atomic mass is 10.2. The Balaban J connectivity index is 1.46. The van der Waals surface area contributed by atoms with Crippen LogP contribution in [0.4, 0.5) is 5.69 Å². The van der Waals surface area contributed by atoms with Crippen LogP contribution in [-0.4, -0.2) is 51.5 Å². The summed E-state index contributed by atoms with van der Waals surface area (Å²) in [6.45, 7) is 2.77. The van der Waals surface area contributed by atoms with Gasteiger partial charge in [-0.1, -0.05) is 11.6 Å². The SMILES string of the molecule is O=C(Cn1c(=O)[nH]c2ccc(Cl)cc21)N1CCN(c2ccncc2)CC1. The second kappa shape index (κ2) is 6.84. The van der Waals surface area contributed by atoms with Gasteiger partial charge in [0.1, 0.15) is 6.54 Å². The first kappa shape index (κ1) is 16.7. The first-order chi connectivity index (χ1) is 12.6. The van der Waals surface area contributed by atoms with Gasteiger partial charge < -0.3 is 14.8 Å². The van der Waals surface area contributed by atoms with Crippen molar-refractivity contribution in [2.24, 2.45) is 0 Å². The van der Waals surface area contributed by atoms with Crippen molar-refractivity contribution in [2.75, 3.05) is 31.1 Å². The van der Waals surface area contributed by atoms with Crippen molar-refractivity contribution in [1.29, 1.82) is 0 Å². The maximum absolute atomic E-state index is 12.7. The van der Waals surface area contributed by atoms with Crippen LogP contribution < -0.4 is 10.6 Å². The predicted molar refractivity (Wildman–Crippen MR) is 101 cm³/mol. The molecular weight excluding hydrogens is 354 g/mol. The third-order valence-electron chi connectivity index (χ3n) is 4.69. The quantitative estimate of drug-likeness (QED) is 0.760. The zero-order valence-electron chi connectivity index (χ0n) is 14.1. The number of carbonyl (C=O) groups excluding carboxylic acids is 1. The van der Waals surface area contributed by atoms with Crippen molar-refractivity contribution in [3.05, 3.63) is 58.2 Å². The topological polar surface area (TPSA) is 74.2 Å². The lowest BCUT2D eigenvalue weighted by Gasteiger charge is -2.36.